The van der Waals surface area contributed by atoms with Crippen LogP contribution in [0.4, 0.5) is 0 Å². The molecule has 0 saturated heterocycles. The summed E-state index contributed by atoms with van der Waals surface area (Å²) in [5.41, 5.74) is 4.96. The minimum Gasteiger partial charge on any atom is -0.0769 e. The molecule has 0 radical (unpaired) electrons. The van der Waals surface area contributed by atoms with Gasteiger partial charge in [-0.15, -0.1) is 0 Å². The van der Waals surface area contributed by atoms with E-state index in [9.17, 15) is 0 Å². The summed E-state index contributed by atoms with van der Waals surface area (Å²) >= 11 is 0. The molecule has 4 aliphatic carbocycles. The van der Waals surface area contributed by atoms with E-state index in [4.69, 9.17) is 0 Å². The number of hydrogen-bond acceptors (Lipinski definition) is 0. The van der Waals surface area contributed by atoms with E-state index in [1.165, 1.54) is 36.0 Å². The largest absolute Gasteiger partial charge is 0.0769 e. The van der Waals surface area contributed by atoms with Crippen LogP contribution < -0.4 is 0 Å². The highest BCUT2D eigenvalue weighted by Crippen LogP contribution is 2.71. The minimum atomic E-state index is 0.293. The minimum absolute atomic E-state index is 0.293. The third-order valence-electron chi connectivity index (χ3n) is 5.07. The van der Waals surface area contributed by atoms with Gasteiger partial charge in [-0.3, -0.25) is 0 Å². The highest BCUT2D eigenvalue weighted by Gasteiger charge is 2.63. The van der Waals surface area contributed by atoms with Gasteiger partial charge in [0.2, 0.25) is 0 Å². The van der Waals surface area contributed by atoms with Gasteiger partial charge < -0.3 is 0 Å². The van der Waals surface area contributed by atoms with E-state index in [-0.39, 0.29) is 0 Å². The van der Waals surface area contributed by atoms with E-state index >= 15 is 0 Å². The van der Waals surface area contributed by atoms with Crippen LogP contribution in [0.15, 0.2) is 71.4 Å². The van der Waals surface area contributed by atoms with Gasteiger partial charge in [0, 0.05) is 10.8 Å². The third kappa shape index (κ3) is 1.90. The van der Waals surface area contributed by atoms with Gasteiger partial charge in [-0.25, -0.2) is 0 Å². The van der Waals surface area contributed by atoms with Crippen molar-refractivity contribution in [1.82, 2.24) is 0 Å². The molecule has 1 saturated carbocycles. The maximum absolute atomic E-state index is 2.45. The number of fused-ring (bicyclic) bond motifs is 1. The van der Waals surface area contributed by atoms with Crippen LogP contribution in [-0.4, -0.2) is 0 Å². The van der Waals surface area contributed by atoms with Crippen molar-refractivity contribution < 1.29 is 0 Å². The summed E-state index contributed by atoms with van der Waals surface area (Å²) in [6, 6.07) is 0. The molecule has 1 fully saturated rings. The molecule has 20 heavy (non-hydrogen) atoms. The third-order valence-corrected chi connectivity index (χ3v) is 5.07. The van der Waals surface area contributed by atoms with Gasteiger partial charge >= 0.3 is 0 Å². The van der Waals surface area contributed by atoms with Crippen molar-refractivity contribution in [2.24, 2.45) is 10.8 Å². The molecule has 0 aromatic rings. The van der Waals surface area contributed by atoms with Crippen molar-refractivity contribution in [1.29, 1.82) is 0 Å². The van der Waals surface area contributed by atoms with Crippen LogP contribution in [-0.2, 0) is 0 Å². The Labute approximate surface area is 123 Å². The Morgan fingerprint density at radius 2 is 1.90 bits per heavy atom. The maximum Gasteiger partial charge on any atom is 0.0171 e. The quantitative estimate of drug-likeness (QED) is 0.528. The van der Waals surface area contributed by atoms with Crippen LogP contribution >= 0.6 is 0 Å². The molecule has 2 unspecified atom stereocenters. The Morgan fingerprint density at radius 3 is 2.75 bits per heavy atom. The fraction of sp³-hybridized carbons (Fsp3) is 0.400. The highest BCUT2D eigenvalue weighted by molar-refractivity contribution is 5.54. The molecular weight excluding hydrogens is 240 g/mol. The molecule has 2 atom stereocenters. The first-order chi connectivity index (χ1) is 9.72. The van der Waals surface area contributed by atoms with Gasteiger partial charge in [0.05, 0.1) is 0 Å². The molecule has 4 aliphatic rings. The fourth-order valence-corrected chi connectivity index (χ4v) is 3.64. The van der Waals surface area contributed by atoms with Gasteiger partial charge in [-0.1, -0.05) is 75.5 Å². The Hall–Kier alpha value is -1.56. The van der Waals surface area contributed by atoms with E-state index in [2.05, 4.69) is 61.6 Å². The van der Waals surface area contributed by atoms with Crippen LogP contribution in [0.25, 0.3) is 0 Å². The van der Waals surface area contributed by atoms with Crippen LogP contribution in [0, 0.1) is 10.8 Å². The smallest absolute Gasteiger partial charge is 0.0171 e. The lowest BCUT2D eigenvalue weighted by molar-refractivity contribution is 0.577. The van der Waals surface area contributed by atoms with Crippen molar-refractivity contribution in [2.75, 3.05) is 0 Å². The van der Waals surface area contributed by atoms with Crippen LogP contribution in [0.3, 0.4) is 0 Å². The lowest BCUT2D eigenvalue weighted by Gasteiger charge is -2.23. The summed E-state index contributed by atoms with van der Waals surface area (Å²) in [4.78, 5) is 0. The Morgan fingerprint density at radius 1 is 1.05 bits per heavy atom. The predicted octanol–water partition coefficient (Wildman–Crippen LogP) is 5.68. The van der Waals surface area contributed by atoms with E-state index in [0.717, 1.165) is 0 Å². The van der Waals surface area contributed by atoms with Crippen LogP contribution in [0.5, 0.6) is 0 Å². The summed E-state index contributed by atoms with van der Waals surface area (Å²) in [5.74, 6) is 0. The van der Waals surface area contributed by atoms with Crippen molar-refractivity contribution in [2.45, 2.75) is 40.0 Å². The Kier molecular flexibility index (Phi) is 3.20. The number of allylic oxidation sites excluding steroid dienone is 12. The fourth-order valence-electron chi connectivity index (χ4n) is 3.64. The van der Waals surface area contributed by atoms with Gasteiger partial charge in [0.15, 0.2) is 0 Å². The molecule has 0 spiro atoms. The zero-order valence-electron chi connectivity index (χ0n) is 12.8. The molecule has 4 bridgehead atoms. The SMILES string of the molecule is CC.CC12CC13C=CC=C2/C=C\C1=CCCC(=C1)/C=C\3. The molecule has 104 valence electrons. The Bertz CT molecular complexity index is 592. The molecule has 0 aliphatic heterocycles. The molecule has 0 N–H and O–H groups in total. The molecule has 4 rings (SSSR count). The van der Waals surface area contributed by atoms with Crippen molar-refractivity contribution in [3.63, 3.8) is 0 Å². The van der Waals surface area contributed by atoms with Gasteiger partial charge in [0.1, 0.15) is 0 Å². The first kappa shape index (κ1) is 13.4. The van der Waals surface area contributed by atoms with Crippen molar-refractivity contribution >= 4 is 0 Å². The van der Waals surface area contributed by atoms with Gasteiger partial charge in [0.25, 0.3) is 0 Å². The lowest BCUT2D eigenvalue weighted by atomic mass is 9.81. The van der Waals surface area contributed by atoms with E-state index in [1.54, 1.807) is 0 Å². The second-order valence-electron chi connectivity index (χ2n) is 6.16. The van der Waals surface area contributed by atoms with Crippen LogP contribution in [0.1, 0.15) is 40.0 Å². The molecular formula is C20H24. The normalized spacial score (nSPS) is 39.0. The summed E-state index contributed by atoms with van der Waals surface area (Å²) in [6.07, 6.45) is 24.6. The summed E-state index contributed by atoms with van der Waals surface area (Å²) < 4.78 is 0. The van der Waals surface area contributed by atoms with Gasteiger partial charge in [-0.2, -0.15) is 0 Å². The first-order valence-electron chi connectivity index (χ1n) is 7.90. The summed E-state index contributed by atoms with van der Waals surface area (Å²) in [6.45, 7) is 6.40. The zero-order valence-corrected chi connectivity index (χ0v) is 12.8. The number of rotatable bonds is 0. The molecule has 0 heterocycles. The van der Waals surface area contributed by atoms with E-state index < -0.39 is 0 Å². The van der Waals surface area contributed by atoms with E-state index in [0.29, 0.717) is 10.8 Å². The summed E-state index contributed by atoms with van der Waals surface area (Å²) in [5, 5.41) is 0. The number of hydrogen-bond donors (Lipinski definition) is 0. The zero-order chi connectivity index (χ0) is 14.2. The monoisotopic (exact) mass is 264 g/mol. The first-order valence-corrected chi connectivity index (χ1v) is 7.90. The maximum atomic E-state index is 2.45. The predicted molar refractivity (Wildman–Crippen MR) is 87.4 cm³/mol. The lowest BCUT2D eigenvalue weighted by Crippen LogP contribution is -2.12. The molecule has 0 amide bonds. The molecule has 0 aromatic heterocycles. The van der Waals surface area contributed by atoms with Crippen molar-refractivity contribution in [3.05, 3.63) is 71.4 Å². The average Bonchev–Trinajstić information content (AvgIpc) is 3.12. The summed E-state index contributed by atoms with van der Waals surface area (Å²) in [7, 11) is 0. The van der Waals surface area contributed by atoms with Gasteiger partial charge in [-0.05, 0) is 36.0 Å². The molecule has 0 aromatic carbocycles. The van der Waals surface area contributed by atoms with Crippen molar-refractivity contribution in [3.8, 4) is 0 Å². The topological polar surface area (TPSA) is 0 Å². The van der Waals surface area contributed by atoms with E-state index in [1.807, 2.05) is 13.8 Å². The van der Waals surface area contributed by atoms with Crippen LogP contribution in [0.2, 0.25) is 0 Å². The second kappa shape index (κ2) is 4.77. The molecule has 0 nitrogen and oxygen atoms in total. The average molecular weight is 264 g/mol. The molecule has 0 heteroatoms. The highest BCUT2D eigenvalue weighted by atomic mass is 14.7. The standard InChI is InChI=1S/C18H18.C2H6/c1-17-13-18(17)10-3-6-16(17)8-7-14-4-2-5-15(12-14)9-11-18;1-2/h3-4,6-12H,2,5,13H2,1H3;1-2H3/b8-7-,11-9-;. The Balaban J connectivity index is 0.000000581. The second-order valence-corrected chi connectivity index (χ2v) is 6.16.